The van der Waals surface area contributed by atoms with Crippen LogP contribution in [0.1, 0.15) is 28.6 Å². The number of halogens is 1. The standard InChI is InChI=1S/C15H16BrNO/c1-10-3-8-14(11(2)17-10)15(18)9-12-4-6-13(16)7-5-12/h3-8,15,18H,9H2,1-2H3. The third-order valence-corrected chi connectivity index (χ3v) is 3.50. The van der Waals surface area contributed by atoms with Crippen LogP contribution < -0.4 is 0 Å². The monoisotopic (exact) mass is 305 g/mol. The van der Waals surface area contributed by atoms with E-state index in [-0.39, 0.29) is 0 Å². The lowest BCUT2D eigenvalue weighted by Gasteiger charge is -2.13. The molecule has 0 amide bonds. The lowest BCUT2D eigenvalue weighted by atomic mass is 10.0. The predicted molar refractivity (Wildman–Crippen MR) is 76.5 cm³/mol. The number of aliphatic hydroxyl groups is 1. The van der Waals surface area contributed by atoms with Gasteiger partial charge in [0, 0.05) is 27.8 Å². The molecule has 94 valence electrons. The Balaban J connectivity index is 2.16. The number of nitrogens with zero attached hydrogens (tertiary/aromatic N) is 1. The predicted octanol–water partition coefficient (Wildman–Crippen LogP) is 3.74. The molecule has 2 nitrogen and oxygen atoms in total. The van der Waals surface area contributed by atoms with Crippen molar-refractivity contribution in [2.45, 2.75) is 26.4 Å². The molecule has 0 fully saturated rings. The summed E-state index contributed by atoms with van der Waals surface area (Å²) in [6.07, 6.45) is 0.109. The van der Waals surface area contributed by atoms with Gasteiger partial charge in [-0.15, -0.1) is 0 Å². The second kappa shape index (κ2) is 5.63. The van der Waals surface area contributed by atoms with Gasteiger partial charge in [0.15, 0.2) is 0 Å². The summed E-state index contributed by atoms with van der Waals surface area (Å²) < 4.78 is 1.05. The van der Waals surface area contributed by atoms with Crippen LogP contribution in [-0.4, -0.2) is 10.1 Å². The number of aromatic nitrogens is 1. The van der Waals surface area contributed by atoms with E-state index in [1.807, 2.05) is 50.2 Å². The lowest BCUT2D eigenvalue weighted by Crippen LogP contribution is -2.05. The highest BCUT2D eigenvalue weighted by Gasteiger charge is 2.12. The maximum Gasteiger partial charge on any atom is 0.0847 e. The Kier molecular flexibility index (Phi) is 4.15. The molecule has 1 aromatic carbocycles. The molecule has 0 bridgehead atoms. The van der Waals surface area contributed by atoms with E-state index in [1.54, 1.807) is 0 Å². The minimum absolute atomic E-state index is 0.501. The number of benzene rings is 1. The average Bonchev–Trinajstić information content (AvgIpc) is 2.32. The van der Waals surface area contributed by atoms with E-state index in [0.717, 1.165) is 27.0 Å². The van der Waals surface area contributed by atoms with Gasteiger partial charge in [-0.2, -0.15) is 0 Å². The lowest BCUT2D eigenvalue weighted by molar-refractivity contribution is 0.177. The van der Waals surface area contributed by atoms with Gasteiger partial charge in [0.1, 0.15) is 0 Å². The van der Waals surface area contributed by atoms with Crippen molar-refractivity contribution in [1.82, 2.24) is 4.98 Å². The number of hydrogen-bond acceptors (Lipinski definition) is 2. The molecular formula is C15H16BrNO. The van der Waals surface area contributed by atoms with Crippen LogP contribution in [0, 0.1) is 13.8 Å². The third kappa shape index (κ3) is 3.18. The Hall–Kier alpha value is -1.19. The van der Waals surface area contributed by atoms with Gasteiger partial charge in [-0.1, -0.05) is 34.1 Å². The molecule has 1 N–H and O–H groups in total. The summed E-state index contributed by atoms with van der Waals surface area (Å²) in [7, 11) is 0. The van der Waals surface area contributed by atoms with Crippen molar-refractivity contribution in [3.63, 3.8) is 0 Å². The van der Waals surface area contributed by atoms with Gasteiger partial charge in [-0.3, -0.25) is 4.98 Å². The topological polar surface area (TPSA) is 33.1 Å². The quantitative estimate of drug-likeness (QED) is 0.937. The van der Waals surface area contributed by atoms with Gasteiger partial charge in [-0.05, 0) is 37.6 Å². The van der Waals surface area contributed by atoms with Crippen molar-refractivity contribution >= 4 is 15.9 Å². The number of aliphatic hydroxyl groups excluding tert-OH is 1. The molecule has 2 rings (SSSR count). The number of hydrogen-bond donors (Lipinski definition) is 1. The minimum atomic E-state index is -0.501. The van der Waals surface area contributed by atoms with E-state index in [2.05, 4.69) is 20.9 Å². The van der Waals surface area contributed by atoms with Crippen LogP contribution in [0.2, 0.25) is 0 Å². The molecule has 1 heterocycles. The molecule has 1 unspecified atom stereocenters. The molecule has 18 heavy (non-hydrogen) atoms. The first-order valence-corrected chi connectivity index (χ1v) is 6.72. The minimum Gasteiger partial charge on any atom is -0.388 e. The smallest absolute Gasteiger partial charge is 0.0847 e. The molecule has 0 spiro atoms. The summed E-state index contributed by atoms with van der Waals surface area (Å²) in [4.78, 5) is 4.38. The number of pyridine rings is 1. The van der Waals surface area contributed by atoms with Crippen molar-refractivity contribution < 1.29 is 5.11 Å². The van der Waals surface area contributed by atoms with E-state index >= 15 is 0 Å². The first-order valence-electron chi connectivity index (χ1n) is 5.93. The molecule has 1 atom stereocenters. The highest BCUT2D eigenvalue weighted by Crippen LogP contribution is 2.21. The third-order valence-electron chi connectivity index (χ3n) is 2.97. The molecular weight excluding hydrogens is 290 g/mol. The Morgan fingerprint density at radius 2 is 1.78 bits per heavy atom. The van der Waals surface area contributed by atoms with Gasteiger partial charge in [0.25, 0.3) is 0 Å². The summed E-state index contributed by atoms with van der Waals surface area (Å²) in [6.45, 7) is 3.89. The Bertz CT molecular complexity index is 537. The largest absolute Gasteiger partial charge is 0.388 e. The van der Waals surface area contributed by atoms with Crippen LogP contribution in [-0.2, 0) is 6.42 Å². The normalized spacial score (nSPS) is 12.4. The highest BCUT2D eigenvalue weighted by atomic mass is 79.9. The van der Waals surface area contributed by atoms with E-state index in [4.69, 9.17) is 0 Å². The van der Waals surface area contributed by atoms with Crippen molar-refractivity contribution in [3.05, 3.63) is 63.4 Å². The van der Waals surface area contributed by atoms with Crippen LogP contribution in [0.3, 0.4) is 0 Å². The van der Waals surface area contributed by atoms with E-state index in [9.17, 15) is 5.11 Å². The van der Waals surface area contributed by atoms with E-state index in [0.29, 0.717) is 6.42 Å². The first-order chi connectivity index (χ1) is 8.56. The van der Waals surface area contributed by atoms with E-state index in [1.165, 1.54) is 0 Å². The maximum atomic E-state index is 10.3. The molecule has 0 radical (unpaired) electrons. The summed E-state index contributed by atoms with van der Waals surface area (Å²) in [5.41, 5.74) is 3.90. The molecule has 0 saturated carbocycles. The number of aryl methyl sites for hydroxylation is 2. The first kappa shape index (κ1) is 13.2. The molecule has 3 heteroatoms. The fourth-order valence-electron chi connectivity index (χ4n) is 2.00. The summed E-state index contributed by atoms with van der Waals surface area (Å²) in [5.74, 6) is 0. The van der Waals surface area contributed by atoms with Crippen LogP contribution in [0.15, 0.2) is 40.9 Å². The van der Waals surface area contributed by atoms with Crippen LogP contribution >= 0.6 is 15.9 Å². The maximum absolute atomic E-state index is 10.3. The van der Waals surface area contributed by atoms with Crippen LogP contribution in [0.5, 0.6) is 0 Å². The molecule has 0 aliphatic heterocycles. The van der Waals surface area contributed by atoms with Crippen molar-refractivity contribution in [3.8, 4) is 0 Å². The Morgan fingerprint density at radius 3 is 2.39 bits per heavy atom. The van der Waals surface area contributed by atoms with Crippen molar-refractivity contribution in [2.24, 2.45) is 0 Å². The molecule has 0 aliphatic carbocycles. The van der Waals surface area contributed by atoms with Crippen molar-refractivity contribution in [2.75, 3.05) is 0 Å². The van der Waals surface area contributed by atoms with Gasteiger partial charge in [0.2, 0.25) is 0 Å². The fourth-order valence-corrected chi connectivity index (χ4v) is 2.27. The zero-order valence-corrected chi connectivity index (χ0v) is 12.1. The molecule has 0 aliphatic rings. The molecule has 0 saturated heterocycles. The summed E-state index contributed by atoms with van der Waals surface area (Å²) in [5, 5.41) is 10.3. The van der Waals surface area contributed by atoms with Gasteiger partial charge in [0.05, 0.1) is 6.10 Å². The Morgan fingerprint density at radius 1 is 1.11 bits per heavy atom. The highest BCUT2D eigenvalue weighted by molar-refractivity contribution is 9.10. The molecule has 2 aromatic rings. The van der Waals surface area contributed by atoms with Gasteiger partial charge in [-0.25, -0.2) is 0 Å². The van der Waals surface area contributed by atoms with Gasteiger partial charge < -0.3 is 5.11 Å². The van der Waals surface area contributed by atoms with Crippen molar-refractivity contribution in [1.29, 1.82) is 0 Å². The molecule has 1 aromatic heterocycles. The Labute approximate surface area is 116 Å². The second-order valence-electron chi connectivity index (χ2n) is 4.47. The zero-order valence-electron chi connectivity index (χ0n) is 10.5. The van der Waals surface area contributed by atoms with E-state index < -0.39 is 6.10 Å². The zero-order chi connectivity index (χ0) is 13.1. The average molecular weight is 306 g/mol. The SMILES string of the molecule is Cc1ccc(C(O)Cc2ccc(Br)cc2)c(C)n1. The van der Waals surface area contributed by atoms with Crippen LogP contribution in [0.25, 0.3) is 0 Å². The summed E-state index contributed by atoms with van der Waals surface area (Å²) >= 11 is 3.40. The van der Waals surface area contributed by atoms with Crippen LogP contribution in [0.4, 0.5) is 0 Å². The fraction of sp³-hybridized carbons (Fsp3) is 0.267. The number of rotatable bonds is 3. The second-order valence-corrected chi connectivity index (χ2v) is 5.39. The van der Waals surface area contributed by atoms with Gasteiger partial charge >= 0.3 is 0 Å². The summed E-state index contributed by atoms with van der Waals surface area (Å²) in [6, 6.07) is 11.9.